The zero-order chi connectivity index (χ0) is 43.3. The molecule has 66 heavy (non-hydrogen) atoms. The van der Waals surface area contributed by atoms with E-state index in [1.807, 2.05) is 29.5 Å². The normalized spacial score (nSPS) is 11.9. The Morgan fingerprint density at radius 2 is 0.833 bits per heavy atom. The van der Waals surface area contributed by atoms with E-state index >= 15 is 0 Å². The van der Waals surface area contributed by atoms with E-state index in [1.54, 1.807) is 0 Å². The fraction of sp³-hybridized carbons (Fsp3) is 0. The minimum atomic E-state index is 0.624. The summed E-state index contributed by atoms with van der Waals surface area (Å²) >= 11 is 1.81. The highest BCUT2D eigenvalue weighted by atomic mass is 32.1. The van der Waals surface area contributed by atoms with Crippen LogP contribution in [0.4, 0.5) is 0 Å². The summed E-state index contributed by atoms with van der Waals surface area (Å²) in [7, 11) is 0. The first kappa shape index (κ1) is 36.9. The van der Waals surface area contributed by atoms with Gasteiger partial charge in [-0.25, -0.2) is 15.0 Å². The number of benzene rings is 11. The third kappa shape index (κ3) is 5.74. The van der Waals surface area contributed by atoms with Crippen molar-refractivity contribution in [1.29, 1.82) is 0 Å². The lowest BCUT2D eigenvalue weighted by atomic mass is 9.89. The van der Waals surface area contributed by atoms with Crippen LogP contribution in [0.1, 0.15) is 0 Å². The lowest BCUT2D eigenvalue weighted by Gasteiger charge is -2.20. The molecule has 0 aliphatic heterocycles. The fourth-order valence-electron chi connectivity index (χ4n) is 10.3. The predicted octanol–water partition coefficient (Wildman–Crippen LogP) is 16.6. The van der Waals surface area contributed by atoms with Crippen molar-refractivity contribution in [2.75, 3.05) is 0 Å². The molecule has 3 aromatic heterocycles. The number of hydrogen-bond donors (Lipinski definition) is 0. The molecular formula is C61H36N4S. The van der Waals surface area contributed by atoms with E-state index < -0.39 is 0 Å². The van der Waals surface area contributed by atoms with E-state index in [4.69, 9.17) is 15.0 Å². The van der Waals surface area contributed by atoms with Gasteiger partial charge in [0, 0.05) is 53.0 Å². The number of hydrogen-bond acceptors (Lipinski definition) is 4. The van der Waals surface area contributed by atoms with Gasteiger partial charge < -0.3 is 4.57 Å². The average Bonchev–Trinajstić information content (AvgIpc) is 3.90. The molecule has 0 bridgehead atoms. The van der Waals surface area contributed by atoms with Crippen molar-refractivity contribution in [3.8, 4) is 51.0 Å². The first-order chi connectivity index (χ1) is 32.7. The van der Waals surface area contributed by atoms with Crippen molar-refractivity contribution < 1.29 is 0 Å². The molecule has 0 radical (unpaired) electrons. The Balaban J connectivity index is 1.12. The predicted molar refractivity (Wildman–Crippen MR) is 279 cm³/mol. The molecule has 0 amide bonds. The van der Waals surface area contributed by atoms with Gasteiger partial charge in [0.1, 0.15) is 0 Å². The van der Waals surface area contributed by atoms with Crippen LogP contribution in [0, 0.1) is 0 Å². The zero-order valence-electron chi connectivity index (χ0n) is 35.5. The highest BCUT2D eigenvalue weighted by Gasteiger charge is 2.24. The van der Waals surface area contributed by atoms with Gasteiger partial charge in [0.2, 0.25) is 0 Å². The van der Waals surface area contributed by atoms with E-state index in [-0.39, 0.29) is 0 Å². The summed E-state index contributed by atoms with van der Waals surface area (Å²) < 4.78 is 5.00. The molecule has 0 fully saturated rings. The summed E-state index contributed by atoms with van der Waals surface area (Å²) in [5.41, 5.74) is 8.41. The van der Waals surface area contributed by atoms with Crippen molar-refractivity contribution in [2.24, 2.45) is 0 Å². The van der Waals surface area contributed by atoms with Crippen LogP contribution in [0.3, 0.4) is 0 Å². The monoisotopic (exact) mass is 856 g/mol. The highest BCUT2D eigenvalue weighted by Crippen LogP contribution is 2.46. The van der Waals surface area contributed by atoms with Gasteiger partial charge in [0.25, 0.3) is 0 Å². The SMILES string of the molecule is c1ccc(-c2nc(-c3ccc4sc5ccccc5c4c3)nc(-c3c(-c4cccc5ccccc45)cc(-n4c5cc6ccccc6cc5c5cc6ccccc6cc54)c4ccccc34)n2)cc1. The van der Waals surface area contributed by atoms with Crippen LogP contribution in [-0.4, -0.2) is 19.5 Å². The molecule has 11 aromatic carbocycles. The number of aromatic nitrogens is 4. The third-order valence-corrected chi connectivity index (χ3v) is 14.5. The van der Waals surface area contributed by atoms with Gasteiger partial charge >= 0.3 is 0 Å². The minimum Gasteiger partial charge on any atom is -0.309 e. The molecule has 14 aromatic rings. The lowest BCUT2D eigenvalue weighted by molar-refractivity contribution is 1.08. The number of rotatable bonds is 5. The number of fused-ring (bicyclic) bond motifs is 10. The largest absolute Gasteiger partial charge is 0.309 e. The standard InChI is InChI=1S/C61H36N4S/c1-2-16-38(17-3-1)59-62-60(43-29-30-57-51(33-43)47-25-12-13-28-56(47)66-57)64-61(63-59)58-48-26-11-10-24-46(48)55(36-52(58)45-27-14-22-37-15-8-9-23-44(37)45)65-53-34-41-20-6-4-18-39(41)31-49(53)50-32-40-19-5-7-21-42(40)35-54(50)65/h1-36H. The van der Waals surface area contributed by atoms with E-state index in [2.05, 4.69) is 205 Å². The molecule has 0 aliphatic rings. The molecule has 0 spiro atoms. The molecule has 0 N–H and O–H groups in total. The number of thiophene rings is 1. The van der Waals surface area contributed by atoms with Crippen LogP contribution in [0.25, 0.3) is 136 Å². The second-order valence-corrected chi connectivity index (χ2v) is 18.2. The van der Waals surface area contributed by atoms with E-state index in [0.717, 1.165) is 60.7 Å². The molecule has 0 saturated heterocycles. The van der Waals surface area contributed by atoms with Crippen LogP contribution in [0.2, 0.25) is 0 Å². The van der Waals surface area contributed by atoms with Crippen molar-refractivity contribution >= 4 is 96.4 Å². The maximum absolute atomic E-state index is 5.52. The smallest absolute Gasteiger partial charge is 0.165 e. The topological polar surface area (TPSA) is 43.6 Å². The first-order valence-electron chi connectivity index (χ1n) is 22.3. The van der Waals surface area contributed by atoms with Crippen LogP contribution < -0.4 is 0 Å². The quantitative estimate of drug-likeness (QED) is 0.173. The van der Waals surface area contributed by atoms with Gasteiger partial charge in [-0.1, -0.05) is 164 Å². The Kier molecular flexibility index (Phi) is 8.12. The fourth-order valence-corrected chi connectivity index (χ4v) is 11.4. The summed E-state index contributed by atoms with van der Waals surface area (Å²) in [4.78, 5) is 16.2. The lowest BCUT2D eigenvalue weighted by Crippen LogP contribution is -2.04. The second-order valence-electron chi connectivity index (χ2n) is 17.1. The Morgan fingerprint density at radius 3 is 1.55 bits per heavy atom. The van der Waals surface area contributed by atoms with E-state index in [9.17, 15) is 0 Å². The van der Waals surface area contributed by atoms with Crippen LogP contribution in [0.5, 0.6) is 0 Å². The molecule has 14 rings (SSSR count). The van der Waals surface area contributed by atoms with Gasteiger partial charge in [-0.3, -0.25) is 0 Å². The van der Waals surface area contributed by atoms with Crippen molar-refractivity contribution in [3.05, 3.63) is 218 Å². The maximum Gasteiger partial charge on any atom is 0.165 e. The molecule has 0 saturated carbocycles. The molecule has 3 heterocycles. The summed E-state index contributed by atoms with van der Waals surface area (Å²) in [6.45, 7) is 0. The average molecular weight is 857 g/mol. The van der Waals surface area contributed by atoms with Crippen molar-refractivity contribution in [1.82, 2.24) is 19.5 Å². The Labute approximate surface area is 383 Å². The molecule has 0 unspecified atom stereocenters. The van der Waals surface area contributed by atoms with Crippen LogP contribution in [0.15, 0.2) is 218 Å². The third-order valence-electron chi connectivity index (χ3n) is 13.4. The van der Waals surface area contributed by atoms with Gasteiger partial charge in [0.15, 0.2) is 17.5 Å². The first-order valence-corrected chi connectivity index (χ1v) is 23.2. The molecular weight excluding hydrogens is 821 g/mol. The van der Waals surface area contributed by atoms with Crippen molar-refractivity contribution in [3.63, 3.8) is 0 Å². The minimum absolute atomic E-state index is 0.624. The second kappa shape index (κ2) is 14.5. The summed E-state index contributed by atoms with van der Waals surface area (Å²) in [6, 6.07) is 78.9. The molecule has 0 aliphatic carbocycles. The molecule has 306 valence electrons. The van der Waals surface area contributed by atoms with Gasteiger partial charge in [-0.15, -0.1) is 11.3 Å². The van der Waals surface area contributed by atoms with Crippen molar-refractivity contribution in [2.45, 2.75) is 0 Å². The molecule has 0 atom stereocenters. The Hall–Kier alpha value is -8.51. The Bertz CT molecular complexity index is 4200. The summed E-state index contributed by atoms with van der Waals surface area (Å²) in [6.07, 6.45) is 0. The van der Waals surface area contributed by atoms with E-state index in [1.165, 1.54) is 57.9 Å². The summed E-state index contributed by atoms with van der Waals surface area (Å²) in [5.74, 6) is 1.89. The molecule has 5 heteroatoms. The zero-order valence-corrected chi connectivity index (χ0v) is 36.3. The van der Waals surface area contributed by atoms with Crippen LogP contribution >= 0.6 is 11.3 Å². The van der Waals surface area contributed by atoms with E-state index in [0.29, 0.717) is 17.5 Å². The Morgan fingerprint density at radius 1 is 0.303 bits per heavy atom. The van der Waals surface area contributed by atoms with Gasteiger partial charge in [-0.05, 0) is 103 Å². The maximum atomic E-state index is 5.52. The molecule has 4 nitrogen and oxygen atoms in total. The van der Waals surface area contributed by atoms with Gasteiger partial charge in [-0.2, -0.15) is 0 Å². The highest BCUT2D eigenvalue weighted by molar-refractivity contribution is 7.25. The number of nitrogens with zero attached hydrogens (tertiary/aromatic N) is 4. The van der Waals surface area contributed by atoms with Gasteiger partial charge in [0.05, 0.1) is 16.7 Å². The summed E-state index contributed by atoms with van der Waals surface area (Å²) in [5, 5.41) is 14.2. The van der Waals surface area contributed by atoms with Crippen LogP contribution in [-0.2, 0) is 0 Å².